The minimum atomic E-state index is -4.13. The number of nitrogens with zero attached hydrogens (tertiary/aromatic N) is 2. The second kappa shape index (κ2) is 15.7. The molecule has 234 valence electrons. The second-order valence-corrected chi connectivity index (χ2v) is 12.0. The molecular weight excluding hydrogens is 616 g/mol. The molecule has 45 heavy (non-hydrogen) atoms. The first-order chi connectivity index (χ1) is 21.7. The van der Waals surface area contributed by atoms with Crippen LogP contribution in [-0.4, -0.2) is 46.2 Å². The monoisotopic (exact) mass is 648 g/mol. The van der Waals surface area contributed by atoms with Crippen LogP contribution < -0.4 is 24.5 Å². The first-order valence-electron chi connectivity index (χ1n) is 14.1. The molecule has 0 aromatic heterocycles. The van der Waals surface area contributed by atoms with E-state index in [2.05, 4.69) is 15.8 Å². The average Bonchev–Trinajstić information content (AvgIpc) is 3.04. The lowest BCUT2D eigenvalue weighted by atomic mass is 10.1. The summed E-state index contributed by atoms with van der Waals surface area (Å²) >= 11 is 5.94. The van der Waals surface area contributed by atoms with Crippen molar-refractivity contribution in [2.75, 3.05) is 24.1 Å². The summed E-state index contributed by atoms with van der Waals surface area (Å²) in [5.74, 6) is 0.138. The van der Waals surface area contributed by atoms with Crippen molar-refractivity contribution < 1.29 is 27.5 Å². The van der Waals surface area contributed by atoms with Crippen LogP contribution in [0, 0.1) is 0 Å². The molecule has 0 radical (unpaired) electrons. The standard InChI is InChI=1S/C33H33ClN4O6S/c1-3-43-29-17-13-28(14-18-29)38(45(41,42)31-19-11-27(34)12-20-31)22-32(39)37-35-21-25-9-15-30(16-10-25)44-23-33(40)36-24(2)26-7-5-4-6-8-26/h4-21,24H,3,22-23H2,1-2H3,(H,36,40)(H,37,39)/b35-21-/t24-/m0/s1. The summed E-state index contributed by atoms with van der Waals surface area (Å²) < 4.78 is 39.1. The van der Waals surface area contributed by atoms with E-state index in [0.29, 0.717) is 28.7 Å². The van der Waals surface area contributed by atoms with Gasteiger partial charge in [0, 0.05) is 5.02 Å². The molecule has 0 saturated carbocycles. The second-order valence-electron chi connectivity index (χ2n) is 9.74. The zero-order valence-corrected chi connectivity index (χ0v) is 26.3. The fourth-order valence-corrected chi connectivity index (χ4v) is 5.72. The predicted molar refractivity (Wildman–Crippen MR) is 174 cm³/mol. The van der Waals surface area contributed by atoms with E-state index in [0.717, 1.165) is 9.87 Å². The third-order valence-electron chi connectivity index (χ3n) is 6.45. The number of rotatable bonds is 14. The Labute approximate surface area is 267 Å². The molecule has 0 heterocycles. The smallest absolute Gasteiger partial charge is 0.264 e. The molecule has 4 rings (SSSR count). The van der Waals surface area contributed by atoms with Crippen LogP contribution in [0.2, 0.25) is 5.02 Å². The lowest BCUT2D eigenvalue weighted by molar-refractivity contribution is -0.123. The molecule has 0 saturated heterocycles. The molecule has 0 aliphatic rings. The minimum absolute atomic E-state index is 0.0254. The molecule has 2 N–H and O–H groups in total. The van der Waals surface area contributed by atoms with Crippen molar-refractivity contribution in [3.05, 3.63) is 119 Å². The van der Waals surface area contributed by atoms with E-state index in [1.807, 2.05) is 44.2 Å². The van der Waals surface area contributed by atoms with Crippen molar-refractivity contribution in [1.29, 1.82) is 0 Å². The molecule has 0 unspecified atom stereocenters. The van der Waals surface area contributed by atoms with Crippen LogP contribution in [0.4, 0.5) is 5.69 Å². The highest BCUT2D eigenvalue weighted by molar-refractivity contribution is 7.92. The Morgan fingerprint density at radius 3 is 2.13 bits per heavy atom. The summed E-state index contributed by atoms with van der Waals surface area (Å²) in [6.07, 6.45) is 1.41. The Balaban J connectivity index is 1.35. The molecule has 4 aromatic rings. The summed E-state index contributed by atoms with van der Waals surface area (Å²) in [6, 6.07) is 28.3. The molecule has 0 spiro atoms. The number of amides is 2. The molecular formula is C33H33ClN4O6S. The Hall–Kier alpha value is -4.87. The van der Waals surface area contributed by atoms with Gasteiger partial charge in [-0.2, -0.15) is 5.10 Å². The SMILES string of the molecule is CCOc1ccc(N(CC(=O)N/N=C\c2ccc(OCC(=O)N[C@@H](C)c3ccccc3)cc2)S(=O)(=O)c2ccc(Cl)cc2)cc1. The first-order valence-corrected chi connectivity index (χ1v) is 15.9. The number of nitrogens with one attached hydrogen (secondary N) is 2. The van der Waals surface area contributed by atoms with Gasteiger partial charge in [0.15, 0.2) is 6.61 Å². The Bertz CT molecular complexity index is 1700. The van der Waals surface area contributed by atoms with Gasteiger partial charge < -0.3 is 14.8 Å². The van der Waals surface area contributed by atoms with Crippen LogP contribution in [0.1, 0.15) is 31.0 Å². The fraction of sp³-hybridized carbons (Fsp3) is 0.182. The highest BCUT2D eigenvalue weighted by Crippen LogP contribution is 2.26. The third-order valence-corrected chi connectivity index (χ3v) is 8.49. The van der Waals surface area contributed by atoms with E-state index in [4.69, 9.17) is 21.1 Å². The molecule has 0 fully saturated rings. The summed E-state index contributed by atoms with van der Waals surface area (Å²) in [6.45, 7) is 3.51. The van der Waals surface area contributed by atoms with Gasteiger partial charge in [0.25, 0.3) is 21.8 Å². The number of carbonyl (C=O) groups is 2. The fourth-order valence-electron chi connectivity index (χ4n) is 4.18. The van der Waals surface area contributed by atoms with Crippen molar-refractivity contribution in [2.24, 2.45) is 5.10 Å². The molecule has 0 bridgehead atoms. The quantitative estimate of drug-likeness (QED) is 0.140. The zero-order valence-electron chi connectivity index (χ0n) is 24.7. The maximum Gasteiger partial charge on any atom is 0.264 e. The number of carbonyl (C=O) groups excluding carboxylic acids is 2. The van der Waals surface area contributed by atoms with Gasteiger partial charge in [0.2, 0.25) is 0 Å². The summed E-state index contributed by atoms with van der Waals surface area (Å²) in [7, 11) is -4.13. The Morgan fingerprint density at radius 2 is 1.49 bits per heavy atom. The molecule has 1 atom stereocenters. The summed E-state index contributed by atoms with van der Waals surface area (Å²) in [4.78, 5) is 25.1. The van der Waals surface area contributed by atoms with Gasteiger partial charge in [-0.3, -0.25) is 13.9 Å². The number of benzene rings is 4. The Morgan fingerprint density at radius 1 is 0.867 bits per heavy atom. The minimum Gasteiger partial charge on any atom is -0.494 e. The van der Waals surface area contributed by atoms with E-state index in [9.17, 15) is 18.0 Å². The van der Waals surface area contributed by atoms with E-state index in [-0.39, 0.29) is 29.1 Å². The number of hydrazone groups is 1. The van der Waals surface area contributed by atoms with Crippen molar-refractivity contribution >= 4 is 45.3 Å². The van der Waals surface area contributed by atoms with Crippen LogP contribution in [0.15, 0.2) is 113 Å². The molecule has 10 nitrogen and oxygen atoms in total. The number of halogens is 1. The maximum atomic E-state index is 13.5. The van der Waals surface area contributed by atoms with Gasteiger partial charge in [0.05, 0.1) is 29.4 Å². The van der Waals surface area contributed by atoms with E-state index >= 15 is 0 Å². The maximum absolute atomic E-state index is 13.5. The van der Waals surface area contributed by atoms with Crippen molar-refractivity contribution in [3.63, 3.8) is 0 Å². The third kappa shape index (κ3) is 9.56. The number of ether oxygens (including phenoxy) is 2. The molecule has 4 aromatic carbocycles. The zero-order chi connectivity index (χ0) is 32.2. The first kappa shape index (κ1) is 33.0. The van der Waals surface area contributed by atoms with E-state index in [1.54, 1.807) is 48.5 Å². The van der Waals surface area contributed by atoms with Gasteiger partial charge in [-0.05, 0) is 97.8 Å². The van der Waals surface area contributed by atoms with Gasteiger partial charge in [0.1, 0.15) is 18.0 Å². The van der Waals surface area contributed by atoms with Crippen LogP contribution in [-0.2, 0) is 19.6 Å². The Kier molecular flexibility index (Phi) is 11.5. The van der Waals surface area contributed by atoms with Crippen LogP contribution in [0.5, 0.6) is 11.5 Å². The lowest BCUT2D eigenvalue weighted by Crippen LogP contribution is -2.39. The van der Waals surface area contributed by atoms with Crippen LogP contribution >= 0.6 is 11.6 Å². The van der Waals surface area contributed by atoms with Crippen molar-refractivity contribution in [2.45, 2.75) is 24.8 Å². The molecule has 12 heteroatoms. The van der Waals surface area contributed by atoms with Gasteiger partial charge in [-0.15, -0.1) is 0 Å². The van der Waals surface area contributed by atoms with Crippen LogP contribution in [0.25, 0.3) is 0 Å². The van der Waals surface area contributed by atoms with Gasteiger partial charge in [-0.1, -0.05) is 41.9 Å². The molecule has 2 amide bonds. The largest absolute Gasteiger partial charge is 0.494 e. The number of anilines is 1. The van der Waals surface area contributed by atoms with Crippen molar-refractivity contribution in [1.82, 2.24) is 10.7 Å². The van der Waals surface area contributed by atoms with E-state index < -0.39 is 22.5 Å². The van der Waals surface area contributed by atoms with Gasteiger partial charge >= 0.3 is 0 Å². The van der Waals surface area contributed by atoms with E-state index in [1.165, 1.54) is 30.5 Å². The summed E-state index contributed by atoms with van der Waals surface area (Å²) in [5, 5.41) is 7.24. The highest BCUT2D eigenvalue weighted by Gasteiger charge is 2.27. The predicted octanol–water partition coefficient (Wildman–Crippen LogP) is 5.34. The normalized spacial score (nSPS) is 11.9. The number of sulfonamides is 1. The lowest BCUT2D eigenvalue weighted by Gasteiger charge is -2.24. The van der Waals surface area contributed by atoms with Gasteiger partial charge in [-0.25, -0.2) is 13.8 Å². The topological polar surface area (TPSA) is 126 Å². The summed E-state index contributed by atoms with van der Waals surface area (Å²) in [5.41, 5.74) is 4.28. The molecule has 0 aliphatic heterocycles. The van der Waals surface area contributed by atoms with Crippen LogP contribution in [0.3, 0.4) is 0 Å². The molecule has 0 aliphatic carbocycles. The number of hydrogen-bond donors (Lipinski definition) is 2. The number of hydrogen-bond acceptors (Lipinski definition) is 7. The average molecular weight is 649 g/mol. The highest BCUT2D eigenvalue weighted by atomic mass is 35.5. The van der Waals surface area contributed by atoms with Crippen molar-refractivity contribution in [3.8, 4) is 11.5 Å².